The second-order valence-corrected chi connectivity index (χ2v) is 4.47. The van der Waals surface area contributed by atoms with Gasteiger partial charge in [0.1, 0.15) is 0 Å². The zero-order chi connectivity index (χ0) is 13.5. The summed E-state index contributed by atoms with van der Waals surface area (Å²) in [5.41, 5.74) is 3.42. The number of hydrogen-bond donors (Lipinski definition) is 2. The van der Waals surface area contributed by atoms with Crippen LogP contribution in [0.1, 0.15) is 12.5 Å². The molecule has 0 saturated heterocycles. The van der Waals surface area contributed by atoms with Crippen LogP contribution in [0.25, 0.3) is 0 Å². The number of hydrazone groups is 1. The van der Waals surface area contributed by atoms with E-state index in [9.17, 15) is 0 Å². The number of nitrogens with zero attached hydrogens (tertiary/aromatic N) is 1. The van der Waals surface area contributed by atoms with Gasteiger partial charge in [-0.3, -0.25) is 5.43 Å². The Kier molecular flexibility index (Phi) is 6.18. The quantitative estimate of drug-likeness (QED) is 0.510. The largest absolute Gasteiger partial charge is 0.494 e. The second kappa shape index (κ2) is 7.41. The molecular formula is C11H13Cl2N3OS. The van der Waals surface area contributed by atoms with Gasteiger partial charge in [0.25, 0.3) is 0 Å². The number of nitrogens with one attached hydrogen (secondary N) is 2. The second-order valence-electron chi connectivity index (χ2n) is 3.25. The lowest BCUT2D eigenvalue weighted by Gasteiger charge is -2.06. The molecule has 1 aromatic carbocycles. The van der Waals surface area contributed by atoms with Crippen LogP contribution in [0, 0.1) is 0 Å². The normalized spacial score (nSPS) is 10.4. The van der Waals surface area contributed by atoms with Gasteiger partial charge in [0.05, 0.1) is 23.4 Å². The summed E-state index contributed by atoms with van der Waals surface area (Å²) in [5, 5.41) is 8.19. The van der Waals surface area contributed by atoms with Gasteiger partial charge in [0.15, 0.2) is 10.9 Å². The van der Waals surface area contributed by atoms with Crippen molar-refractivity contribution in [1.82, 2.24) is 10.7 Å². The van der Waals surface area contributed by atoms with Crippen molar-refractivity contribution in [2.24, 2.45) is 5.10 Å². The van der Waals surface area contributed by atoms with E-state index in [1.165, 1.54) is 7.11 Å². The van der Waals surface area contributed by atoms with Gasteiger partial charge in [0, 0.05) is 6.54 Å². The van der Waals surface area contributed by atoms with Crippen LogP contribution in [0.15, 0.2) is 17.2 Å². The molecule has 0 unspecified atom stereocenters. The average Bonchev–Trinajstić information content (AvgIpc) is 2.29. The third-order valence-electron chi connectivity index (χ3n) is 1.94. The molecule has 0 amide bonds. The van der Waals surface area contributed by atoms with Gasteiger partial charge >= 0.3 is 0 Å². The zero-order valence-corrected chi connectivity index (χ0v) is 12.3. The Morgan fingerprint density at radius 1 is 1.44 bits per heavy atom. The molecule has 0 radical (unpaired) electrons. The zero-order valence-electron chi connectivity index (χ0n) is 9.96. The molecule has 0 aromatic heterocycles. The lowest BCUT2D eigenvalue weighted by molar-refractivity contribution is 0.415. The van der Waals surface area contributed by atoms with Crippen LogP contribution >= 0.6 is 35.4 Å². The first-order chi connectivity index (χ1) is 8.58. The molecule has 0 aliphatic carbocycles. The van der Waals surface area contributed by atoms with Crippen molar-refractivity contribution in [3.05, 3.63) is 27.7 Å². The summed E-state index contributed by atoms with van der Waals surface area (Å²) in [7, 11) is 1.51. The van der Waals surface area contributed by atoms with Gasteiger partial charge in [0.2, 0.25) is 0 Å². The smallest absolute Gasteiger partial charge is 0.186 e. The number of hydrogen-bond acceptors (Lipinski definition) is 3. The Labute approximate surface area is 121 Å². The number of ether oxygens (including phenoxy) is 1. The van der Waals surface area contributed by atoms with Crippen LogP contribution in [0.3, 0.4) is 0 Å². The fourth-order valence-corrected chi connectivity index (χ4v) is 2.07. The van der Waals surface area contributed by atoms with Crippen molar-refractivity contribution >= 4 is 46.7 Å². The molecule has 0 fully saturated rings. The van der Waals surface area contributed by atoms with Crippen molar-refractivity contribution < 1.29 is 4.74 Å². The summed E-state index contributed by atoms with van der Waals surface area (Å²) in [5.74, 6) is 0.451. The van der Waals surface area contributed by atoms with E-state index in [1.54, 1.807) is 18.3 Å². The summed E-state index contributed by atoms with van der Waals surface area (Å²) in [6.07, 6.45) is 1.57. The fraction of sp³-hybridized carbons (Fsp3) is 0.273. The molecule has 0 aliphatic rings. The lowest BCUT2D eigenvalue weighted by Crippen LogP contribution is -2.31. The minimum absolute atomic E-state index is 0.431. The van der Waals surface area contributed by atoms with Crippen LogP contribution in [0.2, 0.25) is 10.0 Å². The molecule has 18 heavy (non-hydrogen) atoms. The molecular weight excluding hydrogens is 293 g/mol. The van der Waals surface area contributed by atoms with Crippen LogP contribution < -0.4 is 15.5 Å². The van der Waals surface area contributed by atoms with Gasteiger partial charge in [-0.1, -0.05) is 23.2 Å². The monoisotopic (exact) mass is 305 g/mol. The Morgan fingerprint density at radius 2 is 2.06 bits per heavy atom. The first-order valence-corrected chi connectivity index (χ1v) is 6.34. The van der Waals surface area contributed by atoms with E-state index in [4.69, 9.17) is 40.2 Å². The van der Waals surface area contributed by atoms with E-state index in [2.05, 4.69) is 15.8 Å². The Morgan fingerprint density at radius 3 is 2.56 bits per heavy atom. The van der Waals surface area contributed by atoms with Crippen LogP contribution in [0.4, 0.5) is 0 Å². The Hall–Kier alpha value is -1.04. The molecule has 0 bridgehead atoms. The van der Waals surface area contributed by atoms with Gasteiger partial charge in [-0.2, -0.15) is 5.10 Å². The summed E-state index contributed by atoms with van der Waals surface area (Å²) >= 11 is 16.9. The summed E-state index contributed by atoms with van der Waals surface area (Å²) in [6.45, 7) is 2.68. The third-order valence-corrected chi connectivity index (χ3v) is 2.74. The summed E-state index contributed by atoms with van der Waals surface area (Å²) in [4.78, 5) is 0. The van der Waals surface area contributed by atoms with Crippen molar-refractivity contribution in [2.75, 3.05) is 13.7 Å². The molecule has 1 rings (SSSR count). The van der Waals surface area contributed by atoms with E-state index in [1.807, 2.05) is 6.92 Å². The first-order valence-electron chi connectivity index (χ1n) is 5.18. The minimum Gasteiger partial charge on any atom is -0.494 e. The molecule has 0 heterocycles. The van der Waals surface area contributed by atoms with Crippen LogP contribution in [-0.4, -0.2) is 25.0 Å². The summed E-state index contributed by atoms with van der Waals surface area (Å²) < 4.78 is 5.05. The summed E-state index contributed by atoms with van der Waals surface area (Å²) in [6, 6.07) is 3.40. The van der Waals surface area contributed by atoms with Gasteiger partial charge in [-0.05, 0) is 36.8 Å². The van der Waals surface area contributed by atoms with Gasteiger partial charge < -0.3 is 10.1 Å². The van der Waals surface area contributed by atoms with Crippen molar-refractivity contribution in [2.45, 2.75) is 6.92 Å². The highest BCUT2D eigenvalue weighted by molar-refractivity contribution is 7.80. The van der Waals surface area contributed by atoms with Gasteiger partial charge in [-0.25, -0.2) is 0 Å². The maximum Gasteiger partial charge on any atom is 0.186 e. The predicted molar refractivity (Wildman–Crippen MR) is 80.0 cm³/mol. The average molecular weight is 306 g/mol. The van der Waals surface area contributed by atoms with E-state index in [0.29, 0.717) is 20.9 Å². The number of benzene rings is 1. The lowest BCUT2D eigenvalue weighted by atomic mass is 10.2. The molecule has 0 saturated carbocycles. The van der Waals surface area contributed by atoms with E-state index in [0.717, 1.165) is 12.1 Å². The molecule has 2 N–H and O–H groups in total. The third kappa shape index (κ3) is 4.33. The number of halogens is 2. The molecule has 0 atom stereocenters. The molecule has 7 heteroatoms. The highest BCUT2D eigenvalue weighted by Crippen LogP contribution is 2.33. The molecule has 4 nitrogen and oxygen atoms in total. The van der Waals surface area contributed by atoms with Crippen molar-refractivity contribution in [1.29, 1.82) is 0 Å². The maximum atomic E-state index is 6.00. The topological polar surface area (TPSA) is 45.7 Å². The minimum atomic E-state index is 0.431. The number of thiocarbonyl (C=S) groups is 1. The number of methoxy groups -OCH3 is 1. The predicted octanol–water partition coefficient (Wildman–Crippen LogP) is 2.82. The van der Waals surface area contributed by atoms with Crippen LogP contribution in [0.5, 0.6) is 5.75 Å². The highest BCUT2D eigenvalue weighted by Gasteiger charge is 2.07. The van der Waals surface area contributed by atoms with Gasteiger partial charge in [-0.15, -0.1) is 0 Å². The van der Waals surface area contributed by atoms with Crippen molar-refractivity contribution in [3.63, 3.8) is 0 Å². The highest BCUT2D eigenvalue weighted by atomic mass is 35.5. The van der Waals surface area contributed by atoms with E-state index in [-0.39, 0.29) is 0 Å². The van der Waals surface area contributed by atoms with E-state index < -0.39 is 0 Å². The van der Waals surface area contributed by atoms with Crippen LogP contribution in [-0.2, 0) is 0 Å². The number of rotatable bonds is 4. The SMILES string of the molecule is CCNC(=S)N/N=C\c1cc(Cl)c(OC)c(Cl)c1. The first kappa shape index (κ1) is 15.0. The molecule has 1 aromatic rings. The maximum absolute atomic E-state index is 6.00. The standard InChI is InChI=1S/C11H13Cl2N3OS/c1-3-14-11(18)16-15-6-7-4-8(12)10(17-2)9(13)5-7/h4-6H,3H2,1-2H3,(H2,14,16,18)/b15-6-. The molecule has 98 valence electrons. The van der Waals surface area contributed by atoms with Crippen molar-refractivity contribution in [3.8, 4) is 5.75 Å². The fourth-order valence-electron chi connectivity index (χ4n) is 1.21. The Balaban J connectivity index is 2.74. The molecule has 0 spiro atoms. The molecule has 0 aliphatic heterocycles. The Bertz CT molecular complexity index is 443. The van der Waals surface area contributed by atoms with E-state index >= 15 is 0 Å².